The molecule has 1 aliphatic rings. The quantitative estimate of drug-likeness (QED) is 0.0295. The highest BCUT2D eigenvalue weighted by molar-refractivity contribution is 5.76. The molecule has 9 heteroatoms. The van der Waals surface area contributed by atoms with Crippen LogP contribution in [-0.2, 0) is 14.3 Å². The topological polar surface area (TPSA) is 149 Å². The third kappa shape index (κ3) is 24.5. The van der Waals surface area contributed by atoms with Crippen molar-refractivity contribution in [2.45, 2.75) is 204 Å². The van der Waals surface area contributed by atoms with Gasteiger partial charge in [-0.05, 0) is 51.4 Å². The molecule has 0 aromatic rings. The molecule has 302 valence electrons. The van der Waals surface area contributed by atoms with Crippen molar-refractivity contribution in [1.82, 2.24) is 5.32 Å². The molecule has 9 nitrogen and oxygen atoms in total. The molecule has 0 saturated carbocycles. The van der Waals surface area contributed by atoms with Crippen LogP contribution in [0.25, 0.3) is 0 Å². The molecule has 1 fully saturated rings. The van der Waals surface area contributed by atoms with Gasteiger partial charge in [-0.15, -0.1) is 0 Å². The van der Waals surface area contributed by atoms with Crippen LogP contribution >= 0.6 is 0 Å². The minimum Gasteiger partial charge on any atom is -0.394 e. The zero-order chi connectivity index (χ0) is 38.1. The lowest BCUT2D eigenvalue weighted by atomic mass is 9.99. The number of carbonyl (C=O) groups is 1. The number of ether oxygens (including phenoxy) is 2. The highest BCUT2D eigenvalue weighted by atomic mass is 16.7. The molecule has 0 radical (unpaired) electrons. The van der Waals surface area contributed by atoms with Gasteiger partial charge in [-0.2, -0.15) is 0 Å². The van der Waals surface area contributed by atoms with Crippen molar-refractivity contribution in [1.29, 1.82) is 0 Å². The van der Waals surface area contributed by atoms with E-state index in [1.807, 2.05) is 6.08 Å². The lowest BCUT2D eigenvalue weighted by Crippen LogP contribution is -2.60. The van der Waals surface area contributed by atoms with Crippen molar-refractivity contribution in [2.75, 3.05) is 13.2 Å². The largest absolute Gasteiger partial charge is 0.394 e. The number of aliphatic hydroxyl groups excluding tert-OH is 5. The third-order valence-corrected chi connectivity index (χ3v) is 9.66. The number of hydrogen-bond donors (Lipinski definition) is 6. The smallest absolute Gasteiger partial charge is 0.220 e. The van der Waals surface area contributed by atoms with Crippen molar-refractivity contribution in [3.05, 3.63) is 48.6 Å². The number of hydrogen-bond acceptors (Lipinski definition) is 8. The van der Waals surface area contributed by atoms with Crippen molar-refractivity contribution >= 4 is 5.91 Å². The average Bonchev–Trinajstić information content (AvgIpc) is 3.14. The Hall–Kier alpha value is -1.85. The summed E-state index contributed by atoms with van der Waals surface area (Å²) in [7, 11) is 0. The van der Waals surface area contributed by atoms with Gasteiger partial charge in [-0.1, -0.05) is 152 Å². The van der Waals surface area contributed by atoms with Crippen molar-refractivity contribution in [3.63, 3.8) is 0 Å². The summed E-state index contributed by atoms with van der Waals surface area (Å²) in [5.41, 5.74) is 0. The molecule has 6 N–H and O–H groups in total. The number of amides is 1. The first kappa shape index (κ1) is 48.2. The lowest BCUT2D eigenvalue weighted by molar-refractivity contribution is -0.302. The van der Waals surface area contributed by atoms with Crippen LogP contribution in [-0.4, -0.2) is 87.5 Å². The molecule has 52 heavy (non-hydrogen) atoms. The maximum Gasteiger partial charge on any atom is 0.220 e. The van der Waals surface area contributed by atoms with Crippen LogP contribution in [0.3, 0.4) is 0 Å². The van der Waals surface area contributed by atoms with Gasteiger partial charge in [0.15, 0.2) is 6.29 Å². The molecule has 0 aromatic carbocycles. The van der Waals surface area contributed by atoms with Crippen LogP contribution in [0.4, 0.5) is 0 Å². The average molecular weight is 736 g/mol. The summed E-state index contributed by atoms with van der Waals surface area (Å²) < 4.78 is 11.2. The van der Waals surface area contributed by atoms with E-state index in [0.717, 1.165) is 70.6 Å². The summed E-state index contributed by atoms with van der Waals surface area (Å²) in [5, 5.41) is 54.0. The fourth-order valence-corrected chi connectivity index (χ4v) is 6.29. The van der Waals surface area contributed by atoms with E-state index in [0.29, 0.717) is 6.42 Å². The van der Waals surface area contributed by atoms with E-state index in [9.17, 15) is 30.3 Å². The number of rotatable bonds is 33. The number of nitrogens with one attached hydrogen (secondary N) is 1. The van der Waals surface area contributed by atoms with Gasteiger partial charge >= 0.3 is 0 Å². The number of carbonyl (C=O) groups excluding carboxylic acids is 1. The highest BCUT2D eigenvalue weighted by Crippen LogP contribution is 2.22. The Morgan fingerprint density at radius 3 is 1.77 bits per heavy atom. The van der Waals surface area contributed by atoms with Gasteiger partial charge in [0.1, 0.15) is 24.4 Å². The molecule has 1 heterocycles. The Kier molecular flexibility index (Phi) is 31.2. The Balaban J connectivity index is 2.41. The fourth-order valence-electron chi connectivity index (χ4n) is 6.29. The van der Waals surface area contributed by atoms with Crippen LogP contribution in [0.1, 0.15) is 162 Å². The molecule has 7 atom stereocenters. The van der Waals surface area contributed by atoms with Crippen molar-refractivity contribution in [2.24, 2.45) is 0 Å². The van der Waals surface area contributed by atoms with Crippen LogP contribution in [0.2, 0.25) is 0 Å². The standard InChI is InChI=1S/C43H77NO8/c1-3-5-7-9-11-13-15-17-18-19-20-21-23-25-27-29-31-33-39(47)44-36(35-51-43-42(50)41(49)40(48)38(34-45)52-43)37(46)32-30-28-26-24-22-16-14-12-10-8-6-4-2/h5,7,11,13,17-18,30,32,36-38,40-43,45-46,48-50H,3-4,6,8-10,12,14-16,19-29,31,33-35H2,1-2H3,(H,44,47)/b7-5-,13-11-,18-17-,32-30+. The normalized spacial score (nSPS) is 22.3. The maximum atomic E-state index is 12.9. The van der Waals surface area contributed by atoms with Crippen LogP contribution < -0.4 is 5.32 Å². The molecular formula is C43H77NO8. The van der Waals surface area contributed by atoms with Gasteiger partial charge in [-0.25, -0.2) is 0 Å². The van der Waals surface area contributed by atoms with Crippen LogP contribution in [0.5, 0.6) is 0 Å². The zero-order valence-corrected chi connectivity index (χ0v) is 32.8. The highest BCUT2D eigenvalue weighted by Gasteiger charge is 2.44. The number of allylic oxidation sites excluding steroid dienone is 7. The van der Waals surface area contributed by atoms with E-state index in [2.05, 4.69) is 55.6 Å². The summed E-state index contributed by atoms with van der Waals surface area (Å²) in [6.45, 7) is 3.62. The van der Waals surface area contributed by atoms with E-state index in [-0.39, 0.29) is 12.5 Å². The van der Waals surface area contributed by atoms with Crippen molar-refractivity contribution in [3.8, 4) is 0 Å². The molecule has 1 saturated heterocycles. The molecular weight excluding hydrogens is 658 g/mol. The fraction of sp³-hybridized carbons (Fsp3) is 0.791. The Bertz CT molecular complexity index is 951. The zero-order valence-electron chi connectivity index (χ0n) is 32.8. The molecule has 0 bridgehead atoms. The van der Waals surface area contributed by atoms with Crippen LogP contribution in [0, 0.1) is 0 Å². The van der Waals surface area contributed by atoms with E-state index in [4.69, 9.17) is 9.47 Å². The first-order valence-corrected chi connectivity index (χ1v) is 20.9. The summed E-state index contributed by atoms with van der Waals surface area (Å²) in [6.07, 6.45) is 34.3. The second-order valence-corrected chi connectivity index (χ2v) is 14.4. The second kappa shape index (κ2) is 33.7. The van der Waals surface area contributed by atoms with E-state index in [1.54, 1.807) is 6.08 Å². The lowest BCUT2D eigenvalue weighted by Gasteiger charge is -2.40. The first-order valence-electron chi connectivity index (χ1n) is 20.9. The maximum absolute atomic E-state index is 12.9. The first-order chi connectivity index (χ1) is 25.3. The van der Waals surface area contributed by atoms with Gasteiger partial charge in [0.05, 0.1) is 25.4 Å². The van der Waals surface area contributed by atoms with Gasteiger partial charge in [0.2, 0.25) is 5.91 Å². The van der Waals surface area contributed by atoms with Gasteiger partial charge in [0, 0.05) is 6.42 Å². The Labute approximate surface area is 316 Å². The van der Waals surface area contributed by atoms with Crippen LogP contribution in [0.15, 0.2) is 48.6 Å². The predicted molar refractivity (Wildman–Crippen MR) is 212 cm³/mol. The number of unbranched alkanes of at least 4 members (excludes halogenated alkanes) is 17. The van der Waals surface area contributed by atoms with Gasteiger partial charge in [0.25, 0.3) is 0 Å². The molecule has 7 unspecified atom stereocenters. The molecule has 1 aliphatic heterocycles. The number of aliphatic hydroxyl groups is 5. The molecule has 0 aliphatic carbocycles. The SMILES string of the molecule is CC/C=C\C/C=C\C/C=C\CCCCCCCCCC(=O)NC(COC1OC(CO)C(O)C(O)C1O)C(O)/C=C/CCCCCCCCCCCC. The monoisotopic (exact) mass is 736 g/mol. The summed E-state index contributed by atoms with van der Waals surface area (Å²) in [4.78, 5) is 12.9. The van der Waals surface area contributed by atoms with Gasteiger partial charge in [-0.3, -0.25) is 4.79 Å². The summed E-state index contributed by atoms with van der Waals surface area (Å²) in [6, 6.07) is -0.808. The Morgan fingerprint density at radius 2 is 1.19 bits per heavy atom. The predicted octanol–water partition coefficient (Wildman–Crippen LogP) is 7.89. The molecule has 0 spiro atoms. The minimum absolute atomic E-state index is 0.191. The Morgan fingerprint density at radius 1 is 0.673 bits per heavy atom. The summed E-state index contributed by atoms with van der Waals surface area (Å²) >= 11 is 0. The minimum atomic E-state index is -1.57. The van der Waals surface area contributed by atoms with E-state index < -0.39 is 49.5 Å². The van der Waals surface area contributed by atoms with Crippen molar-refractivity contribution < 1.29 is 39.8 Å². The third-order valence-electron chi connectivity index (χ3n) is 9.66. The second-order valence-electron chi connectivity index (χ2n) is 14.4. The van der Waals surface area contributed by atoms with Gasteiger partial charge < -0.3 is 40.3 Å². The molecule has 0 aromatic heterocycles. The summed E-state index contributed by atoms with van der Waals surface area (Å²) in [5.74, 6) is -0.191. The van der Waals surface area contributed by atoms with E-state index >= 15 is 0 Å². The molecule has 1 amide bonds. The van der Waals surface area contributed by atoms with E-state index in [1.165, 1.54) is 70.6 Å². The molecule has 1 rings (SSSR count).